The van der Waals surface area contributed by atoms with Crippen molar-refractivity contribution in [2.24, 2.45) is 7.05 Å². The van der Waals surface area contributed by atoms with Crippen LogP contribution in [-0.4, -0.2) is 34.0 Å². The zero-order valence-electron chi connectivity index (χ0n) is 15.3. The Labute approximate surface area is 150 Å². The Kier molecular flexibility index (Phi) is 4.79. The van der Waals surface area contributed by atoms with Crippen LogP contribution in [0.25, 0.3) is 11.1 Å². The van der Waals surface area contributed by atoms with Crippen LogP contribution in [0.2, 0.25) is 0 Å². The predicted octanol–water partition coefficient (Wildman–Crippen LogP) is 2.51. The fourth-order valence-electron chi connectivity index (χ4n) is 2.84. The van der Waals surface area contributed by atoms with Crippen LogP contribution in [0.3, 0.4) is 0 Å². The summed E-state index contributed by atoms with van der Waals surface area (Å²) in [5.74, 6) is 0.899. The van der Waals surface area contributed by atoms with Crippen molar-refractivity contribution in [2.75, 3.05) is 13.7 Å². The molecule has 3 rings (SSSR count). The molecular formula is C19H21N3O4. The summed E-state index contributed by atoms with van der Waals surface area (Å²) in [4.78, 5) is 31.0. The van der Waals surface area contributed by atoms with Crippen molar-refractivity contribution < 1.29 is 13.9 Å². The SMILES string of the molecule is CCOc1ccc(CN(C)C(=O)c2c(C)oc3ncn(C)c(=O)c23)cc1. The van der Waals surface area contributed by atoms with E-state index in [1.165, 1.54) is 10.9 Å². The summed E-state index contributed by atoms with van der Waals surface area (Å²) in [6.45, 7) is 4.60. The van der Waals surface area contributed by atoms with E-state index in [9.17, 15) is 9.59 Å². The van der Waals surface area contributed by atoms with Crippen LogP contribution in [0.1, 0.15) is 28.6 Å². The van der Waals surface area contributed by atoms with Crippen LogP contribution in [-0.2, 0) is 13.6 Å². The first kappa shape index (κ1) is 17.7. The molecule has 0 atom stereocenters. The monoisotopic (exact) mass is 355 g/mol. The summed E-state index contributed by atoms with van der Waals surface area (Å²) >= 11 is 0. The molecule has 2 aromatic heterocycles. The molecule has 0 bridgehead atoms. The lowest BCUT2D eigenvalue weighted by atomic mass is 10.1. The van der Waals surface area contributed by atoms with Crippen molar-refractivity contribution in [1.82, 2.24) is 14.5 Å². The van der Waals surface area contributed by atoms with Gasteiger partial charge < -0.3 is 18.6 Å². The summed E-state index contributed by atoms with van der Waals surface area (Å²) < 4.78 is 12.3. The molecule has 7 heteroatoms. The van der Waals surface area contributed by atoms with Gasteiger partial charge in [0.1, 0.15) is 23.2 Å². The van der Waals surface area contributed by atoms with E-state index in [0.717, 1.165) is 11.3 Å². The van der Waals surface area contributed by atoms with Crippen LogP contribution < -0.4 is 10.3 Å². The third-order valence-electron chi connectivity index (χ3n) is 4.16. The molecule has 0 N–H and O–H groups in total. The van der Waals surface area contributed by atoms with Crippen LogP contribution in [0, 0.1) is 6.92 Å². The highest BCUT2D eigenvalue weighted by Crippen LogP contribution is 2.23. The largest absolute Gasteiger partial charge is 0.494 e. The number of fused-ring (bicyclic) bond motifs is 1. The Hall–Kier alpha value is -3.09. The number of aromatic nitrogens is 2. The average molecular weight is 355 g/mol. The van der Waals surface area contributed by atoms with Gasteiger partial charge in [0.2, 0.25) is 5.71 Å². The van der Waals surface area contributed by atoms with Gasteiger partial charge in [-0.15, -0.1) is 0 Å². The minimum atomic E-state index is -0.301. The molecule has 3 aromatic rings. The summed E-state index contributed by atoms with van der Waals surface area (Å²) in [6.07, 6.45) is 1.38. The molecule has 26 heavy (non-hydrogen) atoms. The van der Waals surface area contributed by atoms with Gasteiger partial charge in [0.25, 0.3) is 11.5 Å². The maximum atomic E-state index is 12.9. The van der Waals surface area contributed by atoms with E-state index in [-0.39, 0.29) is 28.1 Å². The fourth-order valence-corrected chi connectivity index (χ4v) is 2.84. The molecule has 1 amide bonds. The Bertz CT molecular complexity index is 1000. The van der Waals surface area contributed by atoms with E-state index in [4.69, 9.17) is 9.15 Å². The summed E-state index contributed by atoms with van der Waals surface area (Å²) in [6, 6.07) is 7.57. The number of aryl methyl sites for hydroxylation is 2. The maximum Gasteiger partial charge on any atom is 0.265 e. The highest BCUT2D eigenvalue weighted by atomic mass is 16.5. The molecule has 0 aliphatic carbocycles. The number of ether oxygens (including phenoxy) is 1. The summed E-state index contributed by atoms with van der Waals surface area (Å²) in [5, 5.41) is 0.219. The molecule has 7 nitrogen and oxygen atoms in total. The highest BCUT2D eigenvalue weighted by Gasteiger charge is 2.24. The van der Waals surface area contributed by atoms with Gasteiger partial charge in [-0.2, -0.15) is 0 Å². The van der Waals surface area contributed by atoms with Gasteiger partial charge in [-0.25, -0.2) is 4.98 Å². The Balaban J connectivity index is 1.89. The quantitative estimate of drug-likeness (QED) is 0.703. The number of rotatable bonds is 5. The Morgan fingerprint density at radius 2 is 2.00 bits per heavy atom. The van der Waals surface area contributed by atoms with E-state index < -0.39 is 0 Å². The second kappa shape index (κ2) is 7.03. The molecule has 1 aromatic carbocycles. The molecule has 136 valence electrons. The second-order valence-corrected chi connectivity index (χ2v) is 6.11. The molecule has 0 saturated carbocycles. The summed E-state index contributed by atoms with van der Waals surface area (Å²) in [5.41, 5.74) is 1.11. The lowest BCUT2D eigenvalue weighted by molar-refractivity contribution is 0.0785. The van der Waals surface area contributed by atoms with Crippen molar-refractivity contribution in [3.8, 4) is 5.75 Å². The zero-order valence-corrected chi connectivity index (χ0v) is 15.3. The molecular weight excluding hydrogens is 334 g/mol. The van der Waals surface area contributed by atoms with Gasteiger partial charge in [0.05, 0.1) is 12.2 Å². The molecule has 0 radical (unpaired) electrons. The lowest BCUT2D eigenvalue weighted by Crippen LogP contribution is -2.28. The smallest absolute Gasteiger partial charge is 0.265 e. The fraction of sp³-hybridized carbons (Fsp3) is 0.316. The van der Waals surface area contributed by atoms with E-state index >= 15 is 0 Å². The predicted molar refractivity (Wildman–Crippen MR) is 97.4 cm³/mol. The molecule has 0 aliphatic rings. The molecule has 0 fully saturated rings. The van der Waals surface area contributed by atoms with Gasteiger partial charge >= 0.3 is 0 Å². The molecule has 0 spiro atoms. The van der Waals surface area contributed by atoms with Crippen LogP contribution in [0.5, 0.6) is 5.75 Å². The van der Waals surface area contributed by atoms with Crippen molar-refractivity contribution in [3.63, 3.8) is 0 Å². The van der Waals surface area contributed by atoms with Crippen LogP contribution >= 0.6 is 0 Å². The zero-order chi connectivity index (χ0) is 18.8. The molecule has 0 unspecified atom stereocenters. The molecule has 0 aliphatic heterocycles. The van der Waals surface area contributed by atoms with Crippen molar-refractivity contribution in [1.29, 1.82) is 0 Å². The first-order chi connectivity index (χ1) is 12.4. The topological polar surface area (TPSA) is 77.6 Å². The maximum absolute atomic E-state index is 12.9. The number of carbonyl (C=O) groups excluding carboxylic acids is 1. The number of hydrogen-bond donors (Lipinski definition) is 0. The van der Waals surface area contributed by atoms with Crippen LogP contribution in [0.15, 0.2) is 39.8 Å². The van der Waals surface area contributed by atoms with E-state index in [0.29, 0.717) is 18.9 Å². The standard InChI is InChI=1S/C19H21N3O4/c1-5-25-14-8-6-13(7-9-14)10-21(3)18(23)15-12(2)26-17-16(15)19(24)22(4)11-20-17/h6-9,11H,5,10H2,1-4H3. The number of furan rings is 1. The minimum Gasteiger partial charge on any atom is -0.494 e. The normalized spacial score (nSPS) is 10.9. The molecule has 2 heterocycles. The van der Waals surface area contributed by atoms with E-state index in [1.807, 2.05) is 31.2 Å². The number of carbonyl (C=O) groups is 1. The van der Waals surface area contributed by atoms with Crippen LogP contribution in [0.4, 0.5) is 0 Å². The lowest BCUT2D eigenvalue weighted by Gasteiger charge is -2.17. The highest BCUT2D eigenvalue weighted by molar-refractivity contribution is 6.06. The number of hydrogen-bond acceptors (Lipinski definition) is 5. The van der Waals surface area contributed by atoms with E-state index in [2.05, 4.69) is 4.98 Å². The number of amides is 1. The van der Waals surface area contributed by atoms with Gasteiger partial charge in [-0.1, -0.05) is 12.1 Å². The third kappa shape index (κ3) is 3.20. The summed E-state index contributed by atoms with van der Waals surface area (Å²) in [7, 11) is 3.28. The van der Waals surface area contributed by atoms with Crippen molar-refractivity contribution in [3.05, 3.63) is 57.8 Å². The number of benzene rings is 1. The van der Waals surface area contributed by atoms with Gasteiger partial charge in [-0.05, 0) is 31.5 Å². The minimum absolute atomic E-state index is 0.184. The van der Waals surface area contributed by atoms with E-state index in [1.54, 1.807) is 25.9 Å². The second-order valence-electron chi connectivity index (χ2n) is 6.11. The molecule has 0 saturated heterocycles. The average Bonchev–Trinajstić information content (AvgIpc) is 2.96. The van der Waals surface area contributed by atoms with Crippen molar-refractivity contribution >= 4 is 17.0 Å². The first-order valence-corrected chi connectivity index (χ1v) is 8.34. The Morgan fingerprint density at radius 3 is 2.65 bits per heavy atom. The first-order valence-electron chi connectivity index (χ1n) is 8.34. The van der Waals surface area contributed by atoms with Crippen molar-refractivity contribution in [2.45, 2.75) is 20.4 Å². The van der Waals surface area contributed by atoms with Gasteiger partial charge in [0, 0.05) is 20.6 Å². The van der Waals surface area contributed by atoms with Gasteiger partial charge in [-0.3, -0.25) is 9.59 Å². The third-order valence-corrected chi connectivity index (χ3v) is 4.16. The Morgan fingerprint density at radius 1 is 1.31 bits per heavy atom. The number of nitrogens with zero attached hydrogens (tertiary/aromatic N) is 3. The van der Waals surface area contributed by atoms with Gasteiger partial charge in [0.15, 0.2) is 0 Å².